The third-order valence-corrected chi connectivity index (χ3v) is 13.1. The van der Waals surface area contributed by atoms with E-state index in [2.05, 4.69) is 234 Å². The van der Waals surface area contributed by atoms with Gasteiger partial charge in [0.05, 0.1) is 27.5 Å². The minimum absolute atomic E-state index is 0.550. The highest BCUT2D eigenvalue weighted by Gasteiger charge is 2.46. The Morgan fingerprint density at radius 1 is 0.302 bits per heavy atom. The van der Waals surface area contributed by atoms with E-state index in [4.69, 9.17) is 15.0 Å². The summed E-state index contributed by atoms with van der Waals surface area (Å²) in [6, 6.07) is 80.4. The van der Waals surface area contributed by atoms with Crippen LogP contribution in [0.25, 0.3) is 89.2 Å². The van der Waals surface area contributed by atoms with Crippen LogP contribution in [0, 0.1) is 0 Å². The molecule has 9 aromatic carbocycles. The molecule has 0 aliphatic heterocycles. The number of hydrogen-bond acceptors (Lipinski definition) is 3. The van der Waals surface area contributed by atoms with E-state index in [1.54, 1.807) is 0 Å². The van der Waals surface area contributed by atoms with Crippen LogP contribution in [0.1, 0.15) is 22.3 Å². The zero-order valence-electron chi connectivity index (χ0n) is 34.1. The predicted molar refractivity (Wildman–Crippen MR) is 257 cm³/mol. The first kappa shape index (κ1) is 35.4. The Kier molecular flexibility index (Phi) is 7.75. The molecule has 0 radical (unpaired) electrons. The first-order valence-corrected chi connectivity index (χ1v) is 21.5. The van der Waals surface area contributed by atoms with E-state index in [0.29, 0.717) is 17.7 Å². The molecule has 0 spiro atoms. The van der Waals surface area contributed by atoms with Crippen LogP contribution in [0.4, 0.5) is 0 Å². The van der Waals surface area contributed by atoms with E-state index in [1.165, 1.54) is 33.4 Å². The molecule has 13 rings (SSSR count). The fraction of sp³-hybridized carbons (Fsp3) is 0.0172. The molecule has 294 valence electrons. The number of fused-ring (bicyclic) bond motifs is 9. The minimum Gasteiger partial charge on any atom is -0.278 e. The number of benzene rings is 9. The van der Waals surface area contributed by atoms with Gasteiger partial charge in [-0.05, 0) is 74.8 Å². The molecule has 3 heterocycles. The Morgan fingerprint density at radius 3 is 1.37 bits per heavy atom. The van der Waals surface area contributed by atoms with Crippen LogP contribution in [-0.4, -0.2) is 24.1 Å². The average molecular weight is 804 g/mol. The summed E-state index contributed by atoms with van der Waals surface area (Å²) in [5.74, 6) is 1.70. The SMILES string of the molecule is c1ccc(-c2ccc3c4ccccc4n(-c4nc(-c5ccc6c(c5)C(c5ccccc5)(c5ccccc5)c5ccccc5-6)nc(-n5c6ccccc6c6ccccc65)n4)c3c2)cc1. The van der Waals surface area contributed by atoms with Crippen LogP contribution in [0.5, 0.6) is 0 Å². The monoisotopic (exact) mass is 803 g/mol. The van der Waals surface area contributed by atoms with Gasteiger partial charge >= 0.3 is 0 Å². The normalized spacial score (nSPS) is 12.9. The maximum Gasteiger partial charge on any atom is 0.240 e. The van der Waals surface area contributed by atoms with Gasteiger partial charge in [0, 0.05) is 27.1 Å². The second-order valence-electron chi connectivity index (χ2n) is 16.4. The third-order valence-electron chi connectivity index (χ3n) is 13.1. The maximum absolute atomic E-state index is 5.51. The Bertz CT molecular complexity index is 3640. The summed E-state index contributed by atoms with van der Waals surface area (Å²) in [6.07, 6.45) is 0. The number of nitrogens with zero attached hydrogens (tertiary/aromatic N) is 5. The van der Waals surface area contributed by atoms with Gasteiger partial charge in [0.1, 0.15) is 0 Å². The first-order valence-electron chi connectivity index (χ1n) is 21.5. The summed E-state index contributed by atoms with van der Waals surface area (Å²) in [6.45, 7) is 0. The molecular formula is C58H37N5. The van der Waals surface area contributed by atoms with E-state index in [-0.39, 0.29) is 0 Å². The van der Waals surface area contributed by atoms with E-state index in [1.807, 2.05) is 0 Å². The van der Waals surface area contributed by atoms with Gasteiger partial charge in [-0.1, -0.05) is 194 Å². The summed E-state index contributed by atoms with van der Waals surface area (Å²) in [5, 5.41) is 4.56. The minimum atomic E-state index is -0.573. The van der Waals surface area contributed by atoms with Crippen molar-refractivity contribution in [3.8, 4) is 45.5 Å². The van der Waals surface area contributed by atoms with E-state index in [9.17, 15) is 0 Å². The lowest BCUT2D eigenvalue weighted by molar-refractivity contribution is 0.768. The van der Waals surface area contributed by atoms with E-state index >= 15 is 0 Å². The van der Waals surface area contributed by atoms with Gasteiger partial charge < -0.3 is 0 Å². The molecule has 1 aliphatic carbocycles. The first-order chi connectivity index (χ1) is 31.3. The van der Waals surface area contributed by atoms with Crippen molar-refractivity contribution in [1.29, 1.82) is 0 Å². The Hall–Kier alpha value is -8.41. The van der Waals surface area contributed by atoms with Crippen molar-refractivity contribution in [1.82, 2.24) is 24.1 Å². The van der Waals surface area contributed by atoms with E-state index < -0.39 is 5.41 Å². The van der Waals surface area contributed by atoms with Crippen LogP contribution in [0.3, 0.4) is 0 Å². The quantitative estimate of drug-likeness (QED) is 0.168. The average Bonchev–Trinajstić information content (AvgIpc) is 3.98. The van der Waals surface area contributed by atoms with E-state index in [0.717, 1.165) is 60.3 Å². The van der Waals surface area contributed by atoms with Gasteiger partial charge in [-0.25, -0.2) is 0 Å². The largest absolute Gasteiger partial charge is 0.278 e. The van der Waals surface area contributed by atoms with Crippen molar-refractivity contribution in [3.63, 3.8) is 0 Å². The number of rotatable bonds is 6. The molecule has 5 nitrogen and oxygen atoms in total. The van der Waals surface area contributed by atoms with Gasteiger partial charge in [-0.2, -0.15) is 15.0 Å². The molecule has 0 saturated heterocycles. The van der Waals surface area contributed by atoms with Crippen molar-refractivity contribution >= 4 is 43.6 Å². The summed E-state index contributed by atoms with van der Waals surface area (Å²) in [5.41, 5.74) is 14.0. The summed E-state index contributed by atoms with van der Waals surface area (Å²) < 4.78 is 4.42. The van der Waals surface area contributed by atoms with Gasteiger partial charge in [0.15, 0.2) is 5.82 Å². The Morgan fingerprint density at radius 2 is 0.762 bits per heavy atom. The molecule has 63 heavy (non-hydrogen) atoms. The van der Waals surface area contributed by atoms with Crippen molar-refractivity contribution in [2.24, 2.45) is 0 Å². The summed E-state index contributed by atoms with van der Waals surface area (Å²) in [4.78, 5) is 16.5. The zero-order valence-corrected chi connectivity index (χ0v) is 34.1. The zero-order chi connectivity index (χ0) is 41.5. The third kappa shape index (κ3) is 5.20. The van der Waals surface area contributed by atoms with Crippen molar-refractivity contribution in [2.75, 3.05) is 0 Å². The van der Waals surface area contributed by atoms with Crippen molar-refractivity contribution < 1.29 is 0 Å². The maximum atomic E-state index is 5.51. The molecular weight excluding hydrogens is 767 g/mol. The smallest absolute Gasteiger partial charge is 0.240 e. The number of para-hydroxylation sites is 3. The second kappa shape index (κ2) is 13.8. The van der Waals surface area contributed by atoms with Gasteiger partial charge in [-0.15, -0.1) is 0 Å². The molecule has 0 atom stereocenters. The van der Waals surface area contributed by atoms with Gasteiger partial charge in [0.2, 0.25) is 11.9 Å². The van der Waals surface area contributed by atoms with Crippen LogP contribution < -0.4 is 0 Å². The highest BCUT2D eigenvalue weighted by molar-refractivity contribution is 6.11. The molecule has 0 saturated carbocycles. The fourth-order valence-corrected chi connectivity index (χ4v) is 10.4. The number of aromatic nitrogens is 5. The highest BCUT2D eigenvalue weighted by Crippen LogP contribution is 2.56. The Balaban J connectivity index is 1.12. The summed E-state index contributed by atoms with van der Waals surface area (Å²) in [7, 11) is 0. The fourth-order valence-electron chi connectivity index (χ4n) is 10.4. The predicted octanol–water partition coefficient (Wildman–Crippen LogP) is 13.8. The number of hydrogen-bond donors (Lipinski definition) is 0. The second-order valence-corrected chi connectivity index (χ2v) is 16.4. The van der Waals surface area contributed by atoms with Crippen LogP contribution in [0.15, 0.2) is 224 Å². The molecule has 0 amide bonds. The van der Waals surface area contributed by atoms with Crippen LogP contribution >= 0.6 is 0 Å². The standard InChI is InChI=1S/C58H37N5/c1-4-18-38(19-5-1)39-32-35-48-47-27-13-17-31-53(47)63(54(48)37-39)57-60-55(59-56(61-57)62-51-29-15-11-25-45(51)46-26-12-16-30-52(46)62)40-33-34-44-43-24-10-14-28-49(43)58(50(44)36-40,41-20-6-2-7-21-41)42-22-8-3-9-23-42/h1-37H. The lowest BCUT2D eigenvalue weighted by atomic mass is 9.67. The topological polar surface area (TPSA) is 48.5 Å². The molecule has 0 unspecified atom stereocenters. The molecule has 1 aliphatic rings. The molecule has 0 bridgehead atoms. The van der Waals surface area contributed by atoms with Crippen molar-refractivity contribution in [2.45, 2.75) is 5.41 Å². The van der Waals surface area contributed by atoms with Gasteiger partial charge in [0.25, 0.3) is 0 Å². The molecule has 12 aromatic rings. The van der Waals surface area contributed by atoms with Crippen molar-refractivity contribution in [3.05, 3.63) is 247 Å². The van der Waals surface area contributed by atoms with Crippen LogP contribution in [0.2, 0.25) is 0 Å². The lowest BCUT2D eigenvalue weighted by Gasteiger charge is -2.34. The van der Waals surface area contributed by atoms with Gasteiger partial charge in [-0.3, -0.25) is 9.13 Å². The molecule has 0 fully saturated rings. The lowest BCUT2D eigenvalue weighted by Crippen LogP contribution is -2.28. The molecule has 0 N–H and O–H groups in total. The Labute approximate surface area is 363 Å². The van der Waals surface area contributed by atoms with Crippen LogP contribution in [-0.2, 0) is 5.41 Å². The summed E-state index contributed by atoms with van der Waals surface area (Å²) >= 11 is 0. The molecule has 3 aromatic heterocycles. The molecule has 5 heteroatoms. The highest BCUT2D eigenvalue weighted by atomic mass is 15.3.